The lowest BCUT2D eigenvalue weighted by atomic mass is 10.3. The summed E-state index contributed by atoms with van der Waals surface area (Å²) in [5, 5.41) is 0. The molecule has 0 saturated carbocycles. The van der Waals surface area contributed by atoms with E-state index in [1.165, 1.54) is 0 Å². The molecule has 0 saturated heterocycles. The Balaban J connectivity index is 2.42. The number of allylic oxidation sites excluding steroid dienone is 2. The van der Waals surface area contributed by atoms with Gasteiger partial charge in [0.05, 0.1) is 0 Å². The van der Waals surface area contributed by atoms with Crippen LogP contribution in [0.25, 0.3) is 0 Å². The molecule has 1 heteroatoms. The first-order valence-electron chi connectivity index (χ1n) is 3.02. The van der Waals surface area contributed by atoms with Crippen LogP contribution in [0.3, 0.4) is 0 Å². The first kappa shape index (κ1) is 5.42. The molecule has 1 nitrogen and oxygen atoms in total. The zero-order chi connectivity index (χ0) is 5.82. The van der Waals surface area contributed by atoms with Crippen molar-refractivity contribution in [2.45, 2.75) is 13.3 Å². The summed E-state index contributed by atoms with van der Waals surface area (Å²) in [4.78, 5) is 2.16. The Bertz CT molecular complexity index is 102. The molecule has 0 unspecified atom stereocenters. The second-order valence-electron chi connectivity index (χ2n) is 1.84. The second kappa shape index (κ2) is 2.55. The third-order valence-corrected chi connectivity index (χ3v) is 1.23. The van der Waals surface area contributed by atoms with Crippen LogP contribution in [-0.2, 0) is 0 Å². The predicted molar refractivity (Wildman–Crippen MR) is 35.3 cm³/mol. The second-order valence-corrected chi connectivity index (χ2v) is 1.84. The van der Waals surface area contributed by atoms with Gasteiger partial charge in [-0.1, -0.05) is 12.2 Å². The van der Waals surface area contributed by atoms with Crippen LogP contribution in [0.5, 0.6) is 0 Å². The summed E-state index contributed by atoms with van der Waals surface area (Å²) in [6.07, 6.45) is 9.63. The molecule has 1 rings (SSSR count). The molecule has 0 amide bonds. The SMILES string of the molecule is CCN1C=CCC=C1. The van der Waals surface area contributed by atoms with Crippen LogP contribution in [0.4, 0.5) is 0 Å². The van der Waals surface area contributed by atoms with Crippen molar-refractivity contribution >= 4 is 0 Å². The molecule has 0 fully saturated rings. The van der Waals surface area contributed by atoms with Crippen molar-refractivity contribution in [1.29, 1.82) is 0 Å². The molecule has 0 atom stereocenters. The van der Waals surface area contributed by atoms with E-state index in [2.05, 4.69) is 36.4 Å². The van der Waals surface area contributed by atoms with Crippen molar-refractivity contribution in [3.05, 3.63) is 24.6 Å². The average Bonchev–Trinajstić information content (AvgIpc) is 1.90. The van der Waals surface area contributed by atoms with E-state index in [0.29, 0.717) is 0 Å². The van der Waals surface area contributed by atoms with Crippen LogP contribution < -0.4 is 0 Å². The van der Waals surface area contributed by atoms with E-state index in [1.54, 1.807) is 0 Å². The Kier molecular flexibility index (Phi) is 1.73. The van der Waals surface area contributed by atoms with Gasteiger partial charge >= 0.3 is 0 Å². The van der Waals surface area contributed by atoms with Gasteiger partial charge in [0.15, 0.2) is 0 Å². The van der Waals surface area contributed by atoms with E-state index >= 15 is 0 Å². The van der Waals surface area contributed by atoms with Crippen molar-refractivity contribution < 1.29 is 0 Å². The molecule has 0 aliphatic carbocycles. The van der Waals surface area contributed by atoms with E-state index in [1.807, 2.05) is 0 Å². The highest BCUT2D eigenvalue weighted by molar-refractivity contribution is 5.01. The average molecular weight is 109 g/mol. The summed E-state index contributed by atoms with van der Waals surface area (Å²) >= 11 is 0. The Hall–Kier alpha value is -0.720. The summed E-state index contributed by atoms with van der Waals surface area (Å²) in [5.74, 6) is 0. The van der Waals surface area contributed by atoms with Gasteiger partial charge in [-0.15, -0.1) is 0 Å². The molecule has 0 bridgehead atoms. The minimum Gasteiger partial charge on any atom is -0.355 e. The van der Waals surface area contributed by atoms with Crippen LogP contribution in [0, 0.1) is 0 Å². The third kappa shape index (κ3) is 1.12. The fourth-order valence-corrected chi connectivity index (χ4v) is 0.732. The summed E-state index contributed by atoms with van der Waals surface area (Å²) in [6.45, 7) is 3.22. The largest absolute Gasteiger partial charge is 0.355 e. The Labute approximate surface area is 50.3 Å². The molecule has 0 aromatic heterocycles. The number of hydrogen-bond donors (Lipinski definition) is 0. The van der Waals surface area contributed by atoms with E-state index < -0.39 is 0 Å². The van der Waals surface area contributed by atoms with Gasteiger partial charge in [-0.3, -0.25) is 0 Å². The molecule has 1 heterocycles. The molecule has 0 aromatic carbocycles. The summed E-state index contributed by atoms with van der Waals surface area (Å²) < 4.78 is 0. The van der Waals surface area contributed by atoms with E-state index in [9.17, 15) is 0 Å². The van der Waals surface area contributed by atoms with Crippen LogP contribution in [0.2, 0.25) is 0 Å². The molecular formula is C7H11N. The zero-order valence-electron chi connectivity index (χ0n) is 5.17. The lowest BCUT2D eigenvalue weighted by molar-refractivity contribution is 0.527. The first-order chi connectivity index (χ1) is 3.93. The van der Waals surface area contributed by atoms with Crippen LogP contribution in [-0.4, -0.2) is 11.4 Å². The van der Waals surface area contributed by atoms with Gasteiger partial charge in [-0.05, 0) is 25.7 Å². The minimum absolute atomic E-state index is 1.08. The van der Waals surface area contributed by atoms with Gasteiger partial charge in [-0.25, -0.2) is 0 Å². The highest BCUT2D eigenvalue weighted by atomic mass is 15.1. The topological polar surface area (TPSA) is 3.24 Å². The van der Waals surface area contributed by atoms with Gasteiger partial charge < -0.3 is 4.90 Å². The van der Waals surface area contributed by atoms with E-state index in [0.717, 1.165) is 13.0 Å². The highest BCUT2D eigenvalue weighted by Gasteiger charge is 1.89. The predicted octanol–water partition coefficient (Wildman–Crippen LogP) is 1.74. The molecule has 0 aromatic rings. The molecule has 44 valence electrons. The van der Waals surface area contributed by atoms with Crippen molar-refractivity contribution in [2.24, 2.45) is 0 Å². The summed E-state index contributed by atoms with van der Waals surface area (Å²) in [5.41, 5.74) is 0. The Morgan fingerprint density at radius 3 is 2.38 bits per heavy atom. The van der Waals surface area contributed by atoms with E-state index in [-0.39, 0.29) is 0 Å². The van der Waals surface area contributed by atoms with Crippen LogP contribution in [0.15, 0.2) is 24.6 Å². The fourth-order valence-electron chi connectivity index (χ4n) is 0.732. The van der Waals surface area contributed by atoms with Gasteiger partial charge in [0.1, 0.15) is 0 Å². The molecule has 1 aliphatic rings. The number of hydrogen-bond acceptors (Lipinski definition) is 1. The molecule has 0 radical (unpaired) electrons. The maximum atomic E-state index is 2.16. The summed E-state index contributed by atoms with van der Waals surface area (Å²) in [6, 6.07) is 0. The van der Waals surface area contributed by atoms with Gasteiger partial charge in [0.25, 0.3) is 0 Å². The number of rotatable bonds is 1. The third-order valence-electron chi connectivity index (χ3n) is 1.23. The Morgan fingerprint density at radius 1 is 1.38 bits per heavy atom. The standard InChI is InChI=1S/C7H11N/c1-2-8-6-4-3-5-7-8/h4-7H,2-3H2,1H3. The van der Waals surface area contributed by atoms with Gasteiger partial charge in [0, 0.05) is 6.54 Å². The molecule has 8 heavy (non-hydrogen) atoms. The van der Waals surface area contributed by atoms with Crippen molar-refractivity contribution in [2.75, 3.05) is 6.54 Å². The molecule has 0 spiro atoms. The monoisotopic (exact) mass is 109 g/mol. The maximum absolute atomic E-state index is 2.16. The zero-order valence-corrected chi connectivity index (χ0v) is 5.17. The van der Waals surface area contributed by atoms with E-state index in [4.69, 9.17) is 0 Å². The maximum Gasteiger partial charge on any atom is 0.0190 e. The van der Waals surface area contributed by atoms with Crippen molar-refractivity contribution in [3.63, 3.8) is 0 Å². The van der Waals surface area contributed by atoms with Crippen LogP contribution in [0.1, 0.15) is 13.3 Å². The van der Waals surface area contributed by atoms with Crippen molar-refractivity contribution in [1.82, 2.24) is 4.90 Å². The Morgan fingerprint density at radius 2 is 2.00 bits per heavy atom. The van der Waals surface area contributed by atoms with Crippen molar-refractivity contribution in [3.8, 4) is 0 Å². The smallest absolute Gasteiger partial charge is 0.0190 e. The first-order valence-corrected chi connectivity index (χ1v) is 3.02. The lowest BCUT2D eigenvalue weighted by Gasteiger charge is -2.13. The summed E-state index contributed by atoms with van der Waals surface area (Å²) in [7, 11) is 0. The van der Waals surface area contributed by atoms with Gasteiger partial charge in [-0.2, -0.15) is 0 Å². The minimum atomic E-state index is 1.08. The fraction of sp³-hybridized carbons (Fsp3) is 0.429. The number of nitrogens with zero attached hydrogens (tertiary/aromatic N) is 1. The lowest BCUT2D eigenvalue weighted by Crippen LogP contribution is -2.08. The molecular weight excluding hydrogens is 98.1 g/mol. The van der Waals surface area contributed by atoms with Crippen LogP contribution >= 0.6 is 0 Å². The normalized spacial score (nSPS) is 17.4. The molecule has 1 aliphatic heterocycles. The van der Waals surface area contributed by atoms with Gasteiger partial charge in [0.2, 0.25) is 0 Å². The highest BCUT2D eigenvalue weighted by Crippen LogP contribution is 2.00. The molecule has 0 N–H and O–H groups in total. The quantitative estimate of drug-likeness (QED) is 0.495.